The van der Waals surface area contributed by atoms with E-state index in [-0.39, 0.29) is 11.8 Å². The quantitative estimate of drug-likeness (QED) is 0.441. The predicted molar refractivity (Wildman–Crippen MR) is 66.1 cm³/mol. The molecule has 0 aromatic carbocycles. The van der Waals surface area contributed by atoms with Crippen molar-refractivity contribution in [3.63, 3.8) is 0 Å². The molecule has 0 atom stereocenters. The van der Waals surface area contributed by atoms with Gasteiger partial charge in [-0.25, -0.2) is 9.59 Å². The van der Waals surface area contributed by atoms with Crippen LogP contribution in [-0.2, 0) is 14.3 Å². The highest BCUT2D eigenvalue weighted by atomic mass is 16.6. The van der Waals surface area contributed by atoms with Crippen LogP contribution in [0, 0.1) is 0 Å². The second kappa shape index (κ2) is 6.88. The number of ether oxygens (including phenoxy) is 2. The fraction of sp³-hybridized carbons (Fsp3) is 0.667. The Morgan fingerprint density at radius 1 is 1.17 bits per heavy atom. The molecular weight excluding hydrogens is 236 g/mol. The van der Waals surface area contributed by atoms with Crippen LogP contribution in [0.15, 0.2) is 22.0 Å². The Kier molecular flexibility index (Phi) is 6.22. The van der Waals surface area contributed by atoms with Crippen molar-refractivity contribution < 1.29 is 19.1 Å². The van der Waals surface area contributed by atoms with Gasteiger partial charge in [0, 0.05) is 6.08 Å². The predicted octanol–water partition coefficient (Wildman–Crippen LogP) is 3.23. The smallest absolute Gasteiger partial charge is 0.452 e. The first-order chi connectivity index (χ1) is 8.10. The van der Waals surface area contributed by atoms with Crippen molar-refractivity contribution in [3.8, 4) is 0 Å². The number of hydrogen-bond acceptors (Lipinski definition) is 5. The first-order valence-corrected chi connectivity index (χ1v) is 5.64. The minimum atomic E-state index is -0.799. The van der Waals surface area contributed by atoms with E-state index < -0.39 is 17.7 Å². The maximum Gasteiger partial charge on any atom is 0.452 e. The molecule has 0 aliphatic heterocycles. The summed E-state index contributed by atoms with van der Waals surface area (Å²) in [6.45, 7) is 10.2. The molecule has 0 saturated carbocycles. The minimum absolute atomic E-state index is 0.204. The van der Waals surface area contributed by atoms with Gasteiger partial charge in [0.15, 0.2) is 0 Å². The molecule has 0 N–H and O–H groups in total. The number of carbonyl (C=O) groups is 2. The number of esters is 1. The van der Waals surface area contributed by atoms with Gasteiger partial charge in [0.05, 0.1) is 11.8 Å². The van der Waals surface area contributed by atoms with Crippen molar-refractivity contribution in [1.29, 1.82) is 0 Å². The molecule has 0 rings (SSSR count). The van der Waals surface area contributed by atoms with Crippen LogP contribution in [0.2, 0.25) is 0 Å². The highest BCUT2D eigenvalue weighted by Gasteiger charge is 2.15. The first-order valence-electron chi connectivity index (χ1n) is 5.64. The molecule has 0 bridgehead atoms. The molecule has 6 nitrogen and oxygen atoms in total. The van der Waals surface area contributed by atoms with E-state index in [2.05, 4.69) is 10.2 Å². The number of allylic oxidation sites excluding steroid dienone is 1. The van der Waals surface area contributed by atoms with Crippen LogP contribution in [0.5, 0.6) is 0 Å². The third-order valence-corrected chi connectivity index (χ3v) is 1.36. The molecule has 0 aromatic rings. The van der Waals surface area contributed by atoms with Crippen LogP contribution < -0.4 is 0 Å². The fourth-order valence-electron chi connectivity index (χ4n) is 0.868. The van der Waals surface area contributed by atoms with Crippen LogP contribution in [-0.4, -0.2) is 23.8 Å². The van der Waals surface area contributed by atoms with E-state index in [0.717, 1.165) is 6.08 Å². The zero-order valence-electron chi connectivity index (χ0n) is 11.7. The summed E-state index contributed by atoms with van der Waals surface area (Å²) < 4.78 is 9.79. The van der Waals surface area contributed by atoms with E-state index in [1.54, 1.807) is 34.6 Å². The first kappa shape index (κ1) is 16.3. The summed E-state index contributed by atoms with van der Waals surface area (Å²) >= 11 is 0. The van der Waals surface area contributed by atoms with Gasteiger partial charge in [-0.15, -0.1) is 5.11 Å². The van der Waals surface area contributed by atoms with E-state index in [1.165, 1.54) is 6.92 Å². The van der Waals surface area contributed by atoms with Crippen molar-refractivity contribution in [1.82, 2.24) is 0 Å². The van der Waals surface area contributed by atoms with Gasteiger partial charge in [0.1, 0.15) is 5.60 Å². The Hall–Kier alpha value is -1.72. The number of rotatable bonds is 3. The molecule has 0 saturated heterocycles. The lowest BCUT2D eigenvalue weighted by Gasteiger charge is -2.16. The lowest BCUT2D eigenvalue weighted by molar-refractivity contribution is -0.141. The lowest BCUT2D eigenvalue weighted by atomic mass is 10.2. The topological polar surface area (TPSA) is 77.3 Å². The third-order valence-electron chi connectivity index (χ3n) is 1.36. The number of azo groups is 1. The van der Waals surface area contributed by atoms with E-state index in [9.17, 15) is 9.59 Å². The lowest BCUT2D eigenvalue weighted by Crippen LogP contribution is -2.21. The Morgan fingerprint density at radius 3 is 2.17 bits per heavy atom. The monoisotopic (exact) mass is 256 g/mol. The van der Waals surface area contributed by atoms with Crippen LogP contribution in [0.3, 0.4) is 0 Å². The van der Waals surface area contributed by atoms with Gasteiger partial charge in [0.2, 0.25) is 0 Å². The Labute approximate surface area is 107 Å². The molecule has 0 unspecified atom stereocenters. The Morgan fingerprint density at radius 2 is 1.72 bits per heavy atom. The van der Waals surface area contributed by atoms with E-state index >= 15 is 0 Å². The van der Waals surface area contributed by atoms with Crippen molar-refractivity contribution in [2.45, 2.75) is 53.2 Å². The summed E-state index contributed by atoms with van der Waals surface area (Å²) in [7, 11) is 0. The summed E-state index contributed by atoms with van der Waals surface area (Å²) in [5, 5.41) is 6.90. The molecule has 0 fully saturated rings. The molecule has 0 spiro atoms. The van der Waals surface area contributed by atoms with Crippen LogP contribution in [0.1, 0.15) is 41.5 Å². The molecule has 1 amide bonds. The number of amides is 1. The molecular formula is C12H20N2O4. The van der Waals surface area contributed by atoms with Crippen molar-refractivity contribution in [2.75, 3.05) is 0 Å². The second-order valence-electron chi connectivity index (χ2n) is 4.95. The zero-order chi connectivity index (χ0) is 14.3. The largest absolute Gasteiger partial charge is 0.460 e. The average Bonchev–Trinajstić information content (AvgIpc) is 2.10. The highest BCUT2D eigenvalue weighted by Crippen LogP contribution is 2.09. The van der Waals surface area contributed by atoms with Crippen molar-refractivity contribution in [3.05, 3.63) is 11.8 Å². The van der Waals surface area contributed by atoms with E-state index in [0.29, 0.717) is 0 Å². The van der Waals surface area contributed by atoms with Gasteiger partial charge in [-0.2, -0.15) is 0 Å². The fourth-order valence-corrected chi connectivity index (χ4v) is 0.868. The molecule has 18 heavy (non-hydrogen) atoms. The van der Waals surface area contributed by atoms with Crippen molar-refractivity contribution in [2.24, 2.45) is 10.2 Å². The Balaban J connectivity index is 4.38. The van der Waals surface area contributed by atoms with Gasteiger partial charge in [-0.3, -0.25) is 0 Å². The SMILES string of the molecule is C/C(=C\C(=O)OC(C)C)N=NC(=O)OC(C)(C)C. The number of hydrogen-bond donors (Lipinski definition) is 0. The van der Waals surface area contributed by atoms with E-state index in [4.69, 9.17) is 9.47 Å². The Bertz CT molecular complexity index is 365. The summed E-state index contributed by atoms with van der Waals surface area (Å²) in [4.78, 5) is 22.4. The summed E-state index contributed by atoms with van der Waals surface area (Å²) in [5.41, 5.74) is -0.351. The molecule has 0 heterocycles. The number of carbonyl (C=O) groups excluding carboxylic acids is 2. The van der Waals surface area contributed by atoms with Crippen LogP contribution in [0.25, 0.3) is 0 Å². The molecule has 6 heteroatoms. The second-order valence-corrected chi connectivity index (χ2v) is 4.95. The maximum atomic E-state index is 11.2. The molecule has 0 aliphatic rings. The average molecular weight is 256 g/mol. The molecule has 0 aromatic heterocycles. The van der Waals surface area contributed by atoms with Crippen LogP contribution in [0.4, 0.5) is 4.79 Å². The molecule has 102 valence electrons. The van der Waals surface area contributed by atoms with Crippen LogP contribution >= 0.6 is 0 Å². The zero-order valence-corrected chi connectivity index (χ0v) is 11.7. The summed E-state index contributed by atoms with van der Waals surface area (Å²) in [6, 6.07) is 0. The number of nitrogens with zero attached hydrogens (tertiary/aromatic N) is 2. The normalized spacial score (nSPS) is 12.9. The van der Waals surface area contributed by atoms with Gasteiger partial charge in [-0.05, 0) is 41.5 Å². The summed E-state index contributed by atoms with van der Waals surface area (Å²) in [6.07, 6.45) is 0.158. The highest BCUT2D eigenvalue weighted by molar-refractivity contribution is 5.82. The van der Waals surface area contributed by atoms with Gasteiger partial charge in [0.25, 0.3) is 0 Å². The van der Waals surface area contributed by atoms with E-state index in [1.807, 2.05) is 0 Å². The maximum absolute atomic E-state index is 11.2. The third kappa shape index (κ3) is 9.50. The standard InChI is InChI=1S/C12H20N2O4/c1-8(2)17-10(15)7-9(3)13-14-11(16)18-12(4,5)6/h7-8H,1-6H3/b9-7+,14-13?. The van der Waals surface area contributed by atoms with Gasteiger partial charge < -0.3 is 9.47 Å². The molecule has 0 radical (unpaired) electrons. The molecule has 0 aliphatic carbocycles. The van der Waals surface area contributed by atoms with Gasteiger partial charge in [-0.1, -0.05) is 5.11 Å². The van der Waals surface area contributed by atoms with Gasteiger partial charge >= 0.3 is 12.1 Å². The van der Waals surface area contributed by atoms with Crippen molar-refractivity contribution >= 4 is 12.1 Å². The summed E-state index contributed by atoms with van der Waals surface area (Å²) in [5.74, 6) is -0.523. The minimum Gasteiger partial charge on any atom is -0.460 e.